The van der Waals surface area contributed by atoms with E-state index in [-0.39, 0.29) is 16.9 Å². The molecule has 16 heteroatoms. The van der Waals surface area contributed by atoms with Crippen LogP contribution in [0.1, 0.15) is 0 Å². The summed E-state index contributed by atoms with van der Waals surface area (Å²) in [7, 11) is 0. The van der Waals surface area contributed by atoms with E-state index in [0.717, 1.165) is 24.3 Å². The number of phenols is 4. The van der Waals surface area contributed by atoms with Crippen molar-refractivity contribution in [1.29, 1.82) is 0 Å². The highest BCUT2D eigenvalue weighted by molar-refractivity contribution is 5.88. The van der Waals surface area contributed by atoms with Gasteiger partial charge in [-0.1, -0.05) is 0 Å². The van der Waals surface area contributed by atoms with Crippen molar-refractivity contribution in [2.75, 3.05) is 13.2 Å². The lowest BCUT2D eigenvalue weighted by Crippen LogP contribution is -2.64. The number of aliphatic hydroxyl groups is 6. The van der Waals surface area contributed by atoms with Crippen molar-refractivity contribution in [2.45, 2.75) is 54.3 Å². The summed E-state index contributed by atoms with van der Waals surface area (Å²) in [5, 5.41) is 102. The molecule has 42 heavy (non-hydrogen) atoms. The molecular weight excluding hydrogens is 568 g/mol. The Bertz CT molecular complexity index is 1610. The molecule has 5 unspecified atom stereocenters. The third-order valence-corrected chi connectivity index (χ3v) is 7.66. The second-order valence-corrected chi connectivity index (χ2v) is 10.5. The van der Waals surface area contributed by atoms with Crippen molar-refractivity contribution in [3.8, 4) is 40.1 Å². The van der Waals surface area contributed by atoms with Crippen LogP contribution in [0.4, 0.5) is 0 Å². The second kappa shape index (κ2) is 9.66. The third-order valence-electron chi connectivity index (χ3n) is 7.66. The lowest BCUT2D eigenvalue weighted by Gasteiger charge is -2.43. The minimum Gasteiger partial charge on any atom is -0.508 e. The summed E-state index contributed by atoms with van der Waals surface area (Å²) in [4.78, 5) is 13.5. The fourth-order valence-electron chi connectivity index (χ4n) is 5.12. The van der Waals surface area contributed by atoms with Gasteiger partial charge in [-0.25, -0.2) is 0 Å². The molecule has 9 atom stereocenters. The first kappa shape index (κ1) is 28.4. The van der Waals surface area contributed by atoms with Gasteiger partial charge >= 0.3 is 0 Å². The van der Waals surface area contributed by atoms with Gasteiger partial charge in [0.25, 0.3) is 0 Å². The maximum Gasteiger partial charge on any atom is 0.239 e. The molecule has 16 nitrogen and oxygen atoms in total. The fourth-order valence-corrected chi connectivity index (χ4v) is 5.12. The summed E-state index contributed by atoms with van der Waals surface area (Å²) >= 11 is 0. The minimum atomic E-state index is -2.30. The molecule has 3 heterocycles. The van der Waals surface area contributed by atoms with Gasteiger partial charge in [0.2, 0.25) is 17.5 Å². The summed E-state index contributed by atoms with van der Waals surface area (Å²) in [6, 6.07) is 5.27. The van der Waals surface area contributed by atoms with Crippen LogP contribution in [-0.4, -0.2) is 119 Å². The molecule has 10 N–H and O–H groups in total. The average molecular weight is 594 g/mol. The first-order valence-corrected chi connectivity index (χ1v) is 12.5. The second-order valence-electron chi connectivity index (χ2n) is 10.5. The summed E-state index contributed by atoms with van der Waals surface area (Å²) in [5.74, 6) is -3.25. The molecule has 3 fully saturated rings. The van der Waals surface area contributed by atoms with Crippen LogP contribution in [0.25, 0.3) is 22.3 Å². The Morgan fingerprint density at radius 3 is 2.29 bits per heavy atom. The minimum absolute atomic E-state index is 0.0159. The number of aliphatic hydroxyl groups excluding tert-OH is 4. The lowest BCUT2D eigenvalue weighted by atomic mass is 9.91. The van der Waals surface area contributed by atoms with Crippen molar-refractivity contribution in [3.63, 3.8) is 0 Å². The van der Waals surface area contributed by atoms with Crippen LogP contribution < -0.4 is 10.2 Å². The number of aromatic hydroxyl groups is 4. The zero-order chi connectivity index (χ0) is 30.3. The molecule has 0 bridgehead atoms. The molecular formula is C26H26O16. The molecule has 2 saturated heterocycles. The molecule has 226 valence electrons. The monoisotopic (exact) mass is 594 g/mol. The number of ether oxygens (including phenoxy) is 4. The van der Waals surface area contributed by atoms with Gasteiger partial charge in [-0.05, 0) is 18.2 Å². The summed E-state index contributed by atoms with van der Waals surface area (Å²) in [6.07, 6.45) is -11.4. The van der Waals surface area contributed by atoms with Gasteiger partial charge in [-0.15, -0.1) is 0 Å². The molecule has 1 aliphatic carbocycles. The van der Waals surface area contributed by atoms with Gasteiger partial charge in [-0.2, -0.15) is 0 Å². The summed E-state index contributed by atoms with van der Waals surface area (Å²) in [6.45, 7) is -1.52. The van der Waals surface area contributed by atoms with E-state index in [1.54, 1.807) is 0 Å². The molecule has 0 radical (unpaired) electrons. The maximum atomic E-state index is 13.5. The van der Waals surface area contributed by atoms with E-state index >= 15 is 0 Å². The van der Waals surface area contributed by atoms with E-state index < -0.39 is 107 Å². The third kappa shape index (κ3) is 4.24. The molecule has 1 saturated carbocycles. The van der Waals surface area contributed by atoms with Crippen molar-refractivity contribution in [3.05, 3.63) is 40.6 Å². The van der Waals surface area contributed by atoms with Gasteiger partial charge < -0.3 is 74.4 Å². The smallest absolute Gasteiger partial charge is 0.239 e. The normalized spacial score (nSPS) is 35.7. The summed E-state index contributed by atoms with van der Waals surface area (Å²) < 4.78 is 27.2. The van der Waals surface area contributed by atoms with Crippen LogP contribution in [-0.2, 0) is 14.2 Å². The quantitative estimate of drug-likeness (QED) is 0.134. The Labute approximate surface area is 234 Å². The van der Waals surface area contributed by atoms with Crippen LogP contribution in [0.5, 0.6) is 28.7 Å². The Kier molecular flexibility index (Phi) is 6.54. The Morgan fingerprint density at radius 2 is 1.62 bits per heavy atom. The number of rotatable bonds is 6. The van der Waals surface area contributed by atoms with E-state index in [9.17, 15) is 55.9 Å². The van der Waals surface area contributed by atoms with Gasteiger partial charge in [0.05, 0.1) is 13.2 Å². The van der Waals surface area contributed by atoms with Crippen LogP contribution in [0.2, 0.25) is 0 Å². The van der Waals surface area contributed by atoms with E-state index in [1.807, 2.05) is 0 Å². The van der Waals surface area contributed by atoms with Crippen molar-refractivity contribution in [1.82, 2.24) is 0 Å². The molecule has 0 amide bonds. The highest BCUT2D eigenvalue weighted by atomic mass is 16.7. The molecule has 2 aliphatic heterocycles. The maximum absolute atomic E-state index is 13.5. The van der Waals surface area contributed by atoms with Gasteiger partial charge in [0.1, 0.15) is 58.6 Å². The number of phenolic OH excluding ortho intramolecular Hbond substituents is 4. The zero-order valence-corrected chi connectivity index (χ0v) is 21.3. The van der Waals surface area contributed by atoms with Crippen LogP contribution >= 0.6 is 0 Å². The molecule has 2 aromatic carbocycles. The van der Waals surface area contributed by atoms with Crippen LogP contribution in [0, 0.1) is 0 Å². The molecule has 3 aromatic rings. The van der Waals surface area contributed by atoms with Crippen molar-refractivity contribution in [2.24, 2.45) is 0 Å². The van der Waals surface area contributed by atoms with Gasteiger partial charge in [0.15, 0.2) is 29.2 Å². The SMILES string of the molecule is O=c1c(O[C@@H]2OC[C@](O)(CO[C@@H]3OC4[C@H](O)C4(O)C3O)C(O)C2O)c(-c2ccc(O)c(O)c2)oc2cc(O)cc(O)c12. The first-order chi connectivity index (χ1) is 19.8. The van der Waals surface area contributed by atoms with Gasteiger partial charge in [0, 0.05) is 17.7 Å². The Morgan fingerprint density at radius 1 is 0.881 bits per heavy atom. The number of benzene rings is 2. The highest BCUT2D eigenvalue weighted by Crippen LogP contribution is 2.50. The van der Waals surface area contributed by atoms with Crippen LogP contribution in [0.3, 0.4) is 0 Å². The Balaban J connectivity index is 1.27. The molecule has 0 spiro atoms. The average Bonchev–Trinajstić information content (AvgIpc) is 3.34. The summed E-state index contributed by atoms with van der Waals surface area (Å²) in [5.41, 5.74) is -5.52. The van der Waals surface area contributed by atoms with Crippen molar-refractivity contribution >= 4 is 11.0 Å². The number of fused-ring (bicyclic) bond motifs is 2. The van der Waals surface area contributed by atoms with Gasteiger partial charge in [-0.3, -0.25) is 4.79 Å². The molecule has 6 rings (SSSR count). The predicted octanol–water partition coefficient (Wildman–Crippen LogP) is -2.32. The fraction of sp³-hybridized carbons (Fsp3) is 0.423. The van der Waals surface area contributed by atoms with E-state index in [1.165, 1.54) is 6.07 Å². The number of hydrogen-bond acceptors (Lipinski definition) is 16. The van der Waals surface area contributed by atoms with Crippen LogP contribution in [0.15, 0.2) is 39.5 Å². The predicted molar refractivity (Wildman–Crippen MR) is 133 cm³/mol. The zero-order valence-electron chi connectivity index (χ0n) is 21.3. The topological polar surface area (TPSA) is 269 Å². The van der Waals surface area contributed by atoms with E-state index in [2.05, 4.69) is 0 Å². The van der Waals surface area contributed by atoms with Crippen molar-refractivity contribution < 1.29 is 74.4 Å². The molecule has 3 aliphatic rings. The highest BCUT2D eigenvalue weighted by Gasteiger charge is 2.77. The first-order valence-electron chi connectivity index (χ1n) is 12.5. The molecule has 1 aromatic heterocycles. The number of hydrogen-bond donors (Lipinski definition) is 10. The van der Waals surface area contributed by atoms with E-state index in [0.29, 0.717) is 0 Å². The largest absolute Gasteiger partial charge is 0.508 e. The standard InChI is InChI=1S/C26H26O16/c27-9-4-12(30)14-13(5-9)40-17(8-1-2-10(28)11(29)3-8)18(15(14)31)41-23-16(32)19(33)25(36,6-38-23)7-39-24-21(35)26(37)20(34)22(26)42-24/h1-5,16,19-24,27-30,32-37H,6-7H2/t16?,19?,20-,21?,22?,23-,24+,25-,26?/m0/s1. The Hall–Kier alpha value is -3.71. The van der Waals surface area contributed by atoms with E-state index in [4.69, 9.17) is 23.4 Å². The lowest BCUT2D eigenvalue weighted by molar-refractivity contribution is -0.300.